The van der Waals surface area contributed by atoms with Gasteiger partial charge in [0.2, 0.25) is 5.78 Å². The number of rotatable bonds is 1. The Labute approximate surface area is 119 Å². The van der Waals surface area contributed by atoms with Crippen LogP contribution in [0.25, 0.3) is 0 Å². The molecule has 2 aliphatic carbocycles. The van der Waals surface area contributed by atoms with E-state index in [1.807, 2.05) is 0 Å². The van der Waals surface area contributed by atoms with Crippen LogP contribution >= 0.6 is 0 Å². The molecule has 4 aliphatic rings. The Balaban J connectivity index is 2.33. The monoisotopic (exact) mass is 294 g/mol. The summed E-state index contributed by atoms with van der Waals surface area (Å²) in [4.78, 5) is 23.7. The Bertz CT molecular complexity index is 650. The van der Waals surface area contributed by atoms with Gasteiger partial charge in [-0.2, -0.15) is 0 Å². The second-order valence-electron chi connectivity index (χ2n) is 5.42. The lowest BCUT2D eigenvalue weighted by molar-refractivity contribution is -0.211. The fraction of sp³-hybridized carbons (Fsp3) is 0.462. The number of amides is 1. The Morgan fingerprint density at radius 1 is 1.52 bits per heavy atom. The summed E-state index contributed by atoms with van der Waals surface area (Å²) in [5.41, 5.74) is 1.34. The molecule has 0 radical (unpaired) electrons. The number of aliphatic hydroxyl groups excluding tert-OH is 2. The minimum Gasteiger partial charge on any atom is -0.507 e. The SMILES string of the molecule is C[C@H]1O[C@@H]2C[C@@H](O)[C@]1(O)C1=C2C(O)=C(C(N)=O)C(=N)C1=O. The summed E-state index contributed by atoms with van der Waals surface area (Å²) in [6, 6.07) is 0. The van der Waals surface area contributed by atoms with Gasteiger partial charge in [-0.15, -0.1) is 0 Å². The summed E-state index contributed by atoms with van der Waals surface area (Å²) in [5.74, 6) is -2.68. The van der Waals surface area contributed by atoms with Gasteiger partial charge in [0.15, 0.2) is 0 Å². The molecule has 0 unspecified atom stereocenters. The van der Waals surface area contributed by atoms with Gasteiger partial charge in [0.05, 0.1) is 18.3 Å². The molecule has 112 valence electrons. The van der Waals surface area contributed by atoms with Crippen molar-refractivity contribution in [1.29, 1.82) is 5.41 Å². The van der Waals surface area contributed by atoms with Crippen LogP contribution in [0.15, 0.2) is 22.5 Å². The lowest BCUT2D eigenvalue weighted by atomic mass is 9.65. The summed E-state index contributed by atoms with van der Waals surface area (Å²) in [5, 5.41) is 38.6. The van der Waals surface area contributed by atoms with Crippen molar-refractivity contribution >= 4 is 17.4 Å². The van der Waals surface area contributed by atoms with Gasteiger partial charge >= 0.3 is 0 Å². The highest BCUT2D eigenvalue weighted by molar-refractivity contribution is 6.56. The van der Waals surface area contributed by atoms with Crippen LogP contribution in [0.4, 0.5) is 0 Å². The Morgan fingerprint density at radius 3 is 2.67 bits per heavy atom. The van der Waals surface area contributed by atoms with Gasteiger partial charge in [-0.05, 0) is 6.92 Å². The van der Waals surface area contributed by atoms with E-state index >= 15 is 0 Å². The van der Waals surface area contributed by atoms with Gasteiger partial charge in [0, 0.05) is 17.6 Å². The van der Waals surface area contributed by atoms with Crippen LogP contribution in [0.3, 0.4) is 0 Å². The molecular weight excluding hydrogens is 280 g/mol. The molecule has 0 aromatic rings. The van der Waals surface area contributed by atoms with E-state index in [2.05, 4.69) is 0 Å². The van der Waals surface area contributed by atoms with E-state index in [1.165, 1.54) is 6.92 Å². The number of fused-ring (bicyclic) bond motifs is 2. The van der Waals surface area contributed by atoms with Crippen LogP contribution in [-0.4, -0.2) is 56.6 Å². The van der Waals surface area contributed by atoms with Crippen molar-refractivity contribution in [1.82, 2.24) is 0 Å². The van der Waals surface area contributed by atoms with Gasteiger partial charge in [-0.1, -0.05) is 0 Å². The maximum atomic E-state index is 12.3. The second kappa shape index (κ2) is 4.00. The summed E-state index contributed by atoms with van der Waals surface area (Å²) in [6.07, 6.45) is -3.02. The molecule has 0 aromatic carbocycles. The van der Waals surface area contributed by atoms with Crippen LogP contribution in [0.1, 0.15) is 13.3 Å². The molecule has 0 spiro atoms. The maximum absolute atomic E-state index is 12.3. The number of ether oxygens (including phenoxy) is 1. The third kappa shape index (κ3) is 1.46. The highest BCUT2D eigenvalue weighted by atomic mass is 16.5. The first-order chi connectivity index (χ1) is 9.71. The standard InChI is InChI=1S/C13H14N2O6/c1-3-13(20)5(16)2-4(21-3)6-8(13)11(18)9(14)7(10(6)17)12(15)19/h3-5,14,16-17,20H,2H2,1H3,(H2,15,19)/t3-,4-,5-,13+/m1/s1. The predicted octanol–water partition coefficient (Wildman–Crippen LogP) is -1.53. The van der Waals surface area contributed by atoms with E-state index in [1.54, 1.807) is 0 Å². The van der Waals surface area contributed by atoms with Crippen molar-refractivity contribution in [2.45, 2.75) is 37.3 Å². The summed E-state index contributed by atoms with van der Waals surface area (Å²) < 4.78 is 5.47. The van der Waals surface area contributed by atoms with Crippen molar-refractivity contribution in [3.63, 3.8) is 0 Å². The Kier molecular flexibility index (Phi) is 2.65. The average molecular weight is 294 g/mol. The molecule has 2 heterocycles. The van der Waals surface area contributed by atoms with Crippen LogP contribution in [0.2, 0.25) is 0 Å². The average Bonchev–Trinajstić information content (AvgIpc) is 2.38. The maximum Gasteiger partial charge on any atom is 0.254 e. The predicted molar refractivity (Wildman–Crippen MR) is 68.5 cm³/mol. The first-order valence-electron chi connectivity index (χ1n) is 6.38. The third-order valence-corrected chi connectivity index (χ3v) is 4.37. The quantitative estimate of drug-likeness (QED) is 0.369. The molecule has 0 aromatic heterocycles. The molecule has 4 rings (SSSR count). The van der Waals surface area contributed by atoms with Crippen molar-refractivity contribution < 1.29 is 29.6 Å². The number of hydrogen-bond acceptors (Lipinski definition) is 7. The Hall–Kier alpha value is -2.03. The summed E-state index contributed by atoms with van der Waals surface area (Å²) in [7, 11) is 0. The molecule has 2 aliphatic heterocycles. The zero-order valence-electron chi connectivity index (χ0n) is 11.1. The van der Waals surface area contributed by atoms with Crippen LogP contribution in [0.5, 0.6) is 0 Å². The molecule has 6 N–H and O–H groups in total. The summed E-state index contributed by atoms with van der Waals surface area (Å²) in [6.45, 7) is 1.49. The molecule has 8 nitrogen and oxygen atoms in total. The van der Waals surface area contributed by atoms with Crippen molar-refractivity contribution in [3.05, 3.63) is 22.5 Å². The smallest absolute Gasteiger partial charge is 0.254 e. The second-order valence-corrected chi connectivity index (χ2v) is 5.42. The molecule has 2 bridgehead atoms. The number of Topliss-reactive ketones (excluding diaryl/α,β-unsaturated/α-hetero) is 1. The fourth-order valence-corrected chi connectivity index (χ4v) is 3.30. The topological polar surface area (TPSA) is 154 Å². The zero-order valence-corrected chi connectivity index (χ0v) is 11.1. The highest BCUT2D eigenvalue weighted by Crippen LogP contribution is 2.49. The summed E-state index contributed by atoms with van der Waals surface area (Å²) >= 11 is 0. The number of ketones is 1. The van der Waals surface area contributed by atoms with Gasteiger partial charge in [-0.3, -0.25) is 15.0 Å². The largest absolute Gasteiger partial charge is 0.507 e. The van der Waals surface area contributed by atoms with E-state index in [0.29, 0.717) is 0 Å². The number of carbonyl (C=O) groups is 2. The molecular formula is C13H14N2O6. The lowest BCUT2D eigenvalue weighted by Gasteiger charge is -2.52. The van der Waals surface area contributed by atoms with Gasteiger partial charge in [0.25, 0.3) is 5.91 Å². The van der Waals surface area contributed by atoms with Crippen molar-refractivity contribution in [2.75, 3.05) is 0 Å². The van der Waals surface area contributed by atoms with E-state index in [0.717, 1.165) is 0 Å². The van der Waals surface area contributed by atoms with Crippen molar-refractivity contribution in [3.8, 4) is 0 Å². The highest BCUT2D eigenvalue weighted by Gasteiger charge is 2.61. The van der Waals surface area contributed by atoms with Crippen molar-refractivity contribution in [2.24, 2.45) is 5.73 Å². The number of aliphatic hydroxyl groups is 3. The van der Waals surface area contributed by atoms with E-state index in [-0.39, 0.29) is 17.6 Å². The van der Waals surface area contributed by atoms with Crippen LogP contribution < -0.4 is 5.73 Å². The molecule has 4 atom stereocenters. The molecule has 8 heteroatoms. The first kappa shape index (κ1) is 13.9. The number of nitrogens with one attached hydrogen (secondary N) is 1. The first-order valence-corrected chi connectivity index (χ1v) is 6.38. The molecule has 21 heavy (non-hydrogen) atoms. The zero-order chi connectivity index (χ0) is 15.7. The lowest BCUT2D eigenvalue weighted by Crippen LogP contribution is -2.66. The minimum atomic E-state index is -2.02. The molecule has 1 amide bonds. The number of primary amides is 1. The molecule has 1 fully saturated rings. The van der Waals surface area contributed by atoms with E-state index in [9.17, 15) is 24.9 Å². The molecule has 0 saturated carbocycles. The normalized spacial score (nSPS) is 38.9. The number of nitrogens with two attached hydrogens (primary N) is 1. The van der Waals surface area contributed by atoms with Gasteiger partial charge in [0.1, 0.15) is 22.6 Å². The Morgan fingerprint density at radius 2 is 2.14 bits per heavy atom. The van der Waals surface area contributed by atoms with Crippen LogP contribution in [-0.2, 0) is 14.3 Å². The molecule has 1 saturated heterocycles. The van der Waals surface area contributed by atoms with Gasteiger partial charge in [-0.25, -0.2) is 0 Å². The number of carbonyl (C=O) groups excluding carboxylic acids is 2. The van der Waals surface area contributed by atoms with Crippen LogP contribution in [0, 0.1) is 5.41 Å². The van der Waals surface area contributed by atoms with E-state index in [4.69, 9.17) is 15.9 Å². The van der Waals surface area contributed by atoms with Gasteiger partial charge < -0.3 is 25.8 Å². The minimum absolute atomic E-state index is 0.0314. The third-order valence-electron chi connectivity index (χ3n) is 4.37. The fourth-order valence-electron chi connectivity index (χ4n) is 3.30. The number of hydrogen-bond donors (Lipinski definition) is 5. The van der Waals surface area contributed by atoms with E-state index < -0.39 is 52.6 Å².